The van der Waals surface area contributed by atoms with E-state index in [0.29, 0.717) is 12.0 Å². The molecule has 0 bridgehead atoms. The second-order valence-electron chi connectivity index (χ2n) is 4.70. The fraction of sp³-hybridized carbons (Fsp3) is 0.462. The van der Waals surface area contributed by atoms with Crippen molar-refractivity contribution in [1.29, 1.82) is 0 Å². The van der Waals surface area contributed by atoms with Crippen LogP contribution in [0.15, 0.2) is 24.3 Å². The van der Waals surface area contributed by atoms with Crippen LogP contribution in [-0.4, -0.2) is 36.3 Å². The van der Waals surface area contributed by atoms with Gasteiger partial charge in [-0.1, -0.05) is 38.1 Å². The highest BCUT2D eigenvalue weighted by atomic mass is 16.5. The number of methoxy groups -OCH3 is 1. The average molecular weight is 265 g/mol. The summed E-state index contributed by atoms with van der Waals surface area (Å²) < 4.78 is 4.74. The van der Waals surface area contributed by atoms with Crippen molar-refractivity contribution in [2.45, 2.75) is 26.4 Å². The fourth-order valence-electron chi connectivity index (χ4n) is 1.89. The zero-order chi connectivity index (χ0) is 14.4. The lowest BCUT2D eigenvalue weighted by atomic mass is 9.77. The minimum Gasteiger partial charge on any atom is -0.468 e. The first-order chi connectivity index (χ1) is 8.97. The van der Waals surface area contributed by atoms with Crippen LogP contribution in [0.5, 0.6) is 0 Å². The van der Waals surface area contributed by atoms with E-state index in [9.17, 15) is 14.8 Å². The van der Waals surface area contributed by atoms with Gasteiger partial charge in [0.15, 0.2) is 0 Å². The van der Waals surface area contributed by atoms with Gasteiger partial charge >= 0.3 is 13.1 Å². The summed E-state index contributed by atoms with van der Waals surface area (Å²) in [5.74, 6) is -0.240. The average Bonchev–Trinajstić information content (AvgIpc) is 2.38. The normalized spacial score (nSPS) is 12.3. The van der Waals surface area contributed by atoms with Crippen molar-refractivity contribution in [2.24, 2.45) is 5.92 Å². The number of nitrogens with one attached hydrogen (secondary N) is 1. The predicted octanol–water partition coefficient (Wildman–Crippen LogP) is -0.346. The van der Waals surface area contributed by atoms with Crippen LogP contribution >= 0.6 is 0 Å². The molecule has 0 saturated carbocycles. The Hall–Kier alpha value is -1.37. The molecule has 0 aliphatic carbocycles. The monoisotopic (exact) mass is 265 g/mol. The minimum absolute atomic E-state index is 0.0821. The van der Waals surface area contributed by atoms with E-state index >= 15 is 0 Å². The topological polar surface area (TPSA) is 78.8 Å². The molecule has 0 aliphatic heterocycles. The zero-order valence-electron chi connectivity index (χ0n) is 11.5. The summed E-state index contributed by atoms with van der Waals surface area (Å²) in [6.45, 7) is 4.20. The number of esters is 1. The van der Waals surface area contributed by atoms with Crippen LogP contribution in [0, 0.1) is 5.92 Å². The fourth-order valence-corrected chi connectivity index (χ4v) is 1.89. The molecule has 104 valence electrons. The van der Waals surface area contributed by atoms with Gasteiger partial charge in [0.1, 0.15) is 6.04 Å². The van der Waals surface area contributed by atoms with E-state index in [1.807, 2.05) is 19.9 Å². The maximum absolute atomic E-state index is 11.6. The van der Waals surface area contributed by atoms with Crippen molar-refractivity contribution in [2.75, 3.05) is 7.11 Å². The Balaban J connectivity index is 2.77. The Labute approximate surface area is 113 Å². The maximum atomic E-state index is 11.6. The number of rotatable bonds is 6. The molecular formula is C13H20BNO4. The van der Waals surface area contributed by atoms with Gasteiger partial charge in [-0.3, -0.25) is 4.79 Å². The van der Waals surface area contributed by atoms with Gasteiger partial charge in [0.25, 0.3) is 0 Å². The molecule has 0 unspecified atom stereocenters. The van der Waals surface area contributed by atoms with Crippen LogP contribution in [0.1, 0.15) is 19.4 Å². The van der Waals surface area contributed by atoms with Gasteiger partial charge in [-0.15, -0.1) is 0 Å². The lowest BCUT2D eigenvalue weighted by Gasteiger charge is -2.20. The van der Waals surface area contributed by atoms with E-state index in [4.69, 9.17) is 4.74 Å². The van der Waals surface area contributed by atoms with Gasteiger partial charge in [0, 0.05) is 6.54 Å². The Morgan fingerprint density at radius 1 is 1.37 bits per heavy atom. The summed E-state index contributed by atoms with van der Waals surface area (Å²) in [4.78, 5) is 11.6. The maximum Gasteiger partial charge on any atom is 0.488 e. The first kappa shape index (κ1) is 15.7. The lowest BCUT2D eigenvalue weighted by molar-refractivity contribution is -0.144. The van der Waals surface area contributed by atoms with Crippen LogP contribution in [0.2, 0.25) is 0 Å². The largest absolute Gasteiger partial charge is 0.488 e. The summed E-state index contributed by atoms with van der Waals surface area (Å²) in [7, 11) is -0.168. The second-order valence-corrected chi connectivity index (χ2v) is 4.70. The van der Waals surface area contributed by atoms with Crippen molar-refractivity contribution in [3.8, 4) is 0 Å². The third kappa shape index (κ3) is 4.35. The van der Waals surface area contributed by atoms with Crippen molar-refractivity contribution >= 4 is 18.6 Å². The Bertz CT molecular complexity index is 423. The van der Waals surface area contributed by atoms with Crippen LogP contribution < -0.4 is 10.8 Å². The zero-order valence-corrected chi connectivity index (χ0v) is 11.5. The molecule has 5 nitrogen and oxygen atoms in total. The first-order valence-electron chi connectivity index (χ1n) is 6.22. The molecule has 0 aliphatic rings. The Kier molecular flexibility index (Phi) is 6.01. The second kappa shape index (κ2) is 7.28. The SMILES string of the molecule is COC(=O)[C@@H](NCc1ccccc1B(O)O)C(C)C. The third-order valence-corrected chi connectivity index (χ3v) is 2.97. The van der Waals surface area contributed by atoms with Crippen molar-refractivity contribution in [1.82, 2.24) is 5.32 Å². The number of carbonyl (C=O) groups is 1. The molecule has 3 N–H and O–H groups in total. The summed E-state index contributed by atoms with van der Waals surface area (Å²) in [6, 6.07) is 6.55. The number of hydrogen-bond donors (Lipinski definition) is 3. The molecule has 0 spiro atoms. The highest BCUT2D eigenvalue weighted by Gasteiger charge is 2.23. The molecule has 0 saturated heterocycles. The first-order valence-corrected chi connectivity index (χ1v) is 6.22. The van der Waals surface area contributed by atoms with Gasteiger partial charge in [0.2, 0.25) is 0 Å². The third-order valence-electron chi connectivity index (χ3n) is 2.97. The van der Waals surface area contributed by atoms with E-state index in [2.05, 4.69) is 5.32 Å². The smallest absolute Gasteiger partial charge is 0.468 e. The molecule has 0 amide bonds. The molecule has 1 rings (SSSR count). The van der Waals surface area contributed by atoms with E-state index < -0.39 is 13.2 Å². The van der Waals surface area contributed by atoms with Gasteiger partial charge in [-0.2, -0.15) is 0 Å². The molecule has 1 aromatic carbocycles. The molecule has 6 heteroatoms. The number of carbonyl (C=O) groups excluding carboxylic acids is 1. The van der Waals surface area contributed by atoms with E-state index in [1.165, 1.54) is 7.11 Å². The molecule has 19 heavy (non-hydrogen) atoms. The van der Waals surface area contributed by atoms with Crippen molar-refractivity contribution in [3.63, 3.8) is 0 Å². The summed E-state index contributed by atoms with van der Waals surface area (Å²) in [5, 5.41) is 21.6. The van der Waals surface area contributed by atoms with E-state index in [0.717, 1.165) is 5.56 Å². The number of ether oxygens (including phenoxy) is 1. The van der Waals surface area contributed by atoms with Crippen LogP contribution in [0.3, 0.4) is 0 Å². The predicted molar refractivity (Wildman–Crippen MR) is 73.7 cm³/mol. The van der Waals surface area contributed by atoms with Gasteiger partial charge in [-0.05, 0) is 16.9 Å². The Morgan fingerprint density at radius 3 is 2.53 bits per heavy atom. The molecule has 0 radical (unpaired) electrons. The molecule has 1 aromatic rings. The highest BCUT2D eigenvalue weighted by molar-refractivity contribution is 6.59. The Morgan fingerprint density at radius 2 is 2.00 bits per heavy atom. The number of benzene rings is 1. The van der Waals surface area contributed by atoms with Crippen molar-refractivity contribution < 1.29 is 19.6 Å². The summed E-state index contributed by atoms with van der Waals surface area (Å²) in [5.41, 5.74) is 1.18. The molecule has 0 heterocycles. The molecule has 0 fully saturated rings. The van der Waals surface area contributed by atoms with E-state index in [-0.39, 0.29) is 11.9 Å². The van der Waals surface area contributed by atoms with Gasteiger partial charge < -0.3 is 20.1 Å². The quantitative estimate of drug-likeness (QED) is 0.484. The van der Waals surface area contributed by atoms with E-state index in [1.54, 1.807) is 18.2 Å². The van der Waals surface area contributed by atoms with Crippen LogP contribution in [-0.2, 0) is 16.1 Å². The van der Waals surface area contributed by atoms with Gasteiger partial charge in [0.05, 0.1) is 7.11 Å². The molecule has 0 aromatic heterocycles. The van der Waals surface area contributed by atoms with Crippen molar-refractivity contribution in [3.05, 3.63) is 29.8 Å². The van der Waals surface area contributed by atoms with Gasteiger partial charge in [-0.25, -0.2) is 0 Å². The standard InChI is InChI=1S/C13H20BNO4/c1-9(2)12(13(16)19-3)15-8-10-6-4-5-7-11(10)14(17)18/h4-7,9,12,15,17-18H,8H2,1-3H3/t12-/m0/s1. The minimum atomic E-state index is -1.52. The van der Waals surface area contributed by atoms with Crippen LogP contribution in [0.4, 0.5) is 0 Å². The molecule has 1 atom stereocenters. The highest BCUT2D eigenvalue weighted by Crippen LogP contribution is 2.05. The summed E-state index contributed by atoms with van der Waals surface area (Å²) in [6.07, 6.45) is 0. The lowest BCUT2D eigenvalue weighted by Crippen LogP contribution is -2.43. The van der Waals surface area contributed by atoms with Crippen LogP contribution in [0.25, 0.3) is 0 Å². The number of hydrogen-bond acceptors (Lipinski definition) is 5. The molecular weight excluding hydrogens is 245 g/mol. The summed E-state index contributed by atoms with van der Waals surface area (Å²) >= 11 is 0.